The number of benzene rings is 2. The molecule has 0 spiro atoms. The van der Waals surface area contributed by atoms with Crippen molar-refractivity contribution >= 4 is 29.1 Å². The zero-order valence-electron chi connectivity index (χ0n) is 14.0. The van der Waals surface area contributed by atoms with Gasteiger partial charge in [0.15, 0.2) is 0 Å². The highest BCUT2D eigenvalue weighted by molar-refractivity contribution is 6.30. The van der Waals surface area contributed by atoms with Crippen molar-refractivity contribution in [3.05, 3.63) is 64.2 Å². The lowest BCUT2D eigenvalue weighted by atomic mass is 9.90. The van der Waals surface area contributed by atoms with Crippen LogP contribution in [0.15, 0.2) is 42.5 Å². The van der Waals surface area contributed by atoms with Crippen LogP contribution in [0.1, 0.15) is 40.7 Å². The number of rotatable bonds is 5. The van der Waals surface area contributed by atoms with Gasteiger partial charge in [-0.3, -0.25) is 9.59 Å². The molecule has 0 bridgehead atoms. The van der Waals surface area contributed by atoms with E-state index in [4.69, 9.17) is 11.6 Å². The molecule has 1 aliphatic rings. The Labute approximate surface area is 152 Å². The molecule has 0 atom stereocenters. The van der Waals surface area contributed by atoms with Gasteiger partial charge < -0.3 is 10.6 Å². The number of hydrogen-bond donors (Lipinski definition) is 2. The maximum Gasteiger partial charge on any atom is 0.251 e. The molecule has 5 heteroatoms. The predicted octanol–water partition coefficient (Wildman–Crippen LogP) is 3.98. The quantitative estimate of drug-likeness (QED) is 0.851. The highest BCUT2D eigenvalue weighted by Crippen LogP contribution is 2.27. The molecule has 0 radical (unpaired) electrons. The summed E-state index contributed by atoms with van der Waals surface area (Å²) in [6.45, 7) is 0.294. The van der Waals surface area contributed by atoms with E-state index >= 15 is 0 Å². The Hall–Kier alpha value is -2.33. The zero-order valence-corrected chi connectivity index (χ0v) is 14.7. The molecular formula is C20H21ClN2O2. The van der Waals surface area contributed by atoms with E-state index in [-0.39, 0.29) is 18.2 Å². The van der Waals surface area contributed by atoms with Crippen molar-refractivity contribution in [1.82, 2.24) is 5.32 Å². The molecule has 2 amide bonds. The summed E-state index contributed by atoms with van der Waals surface area (Å²) in [6.07, 6.45) is 4.70. The molecule has 25 heavy (non-hydrogen) atoms. The topological polar surface area (TPSA) is 58.2 Å². The van der Waals surface area contributed by atoms with Crippen LogP contribution in [0.3, 0.4) is 0 Å². The molecule has 0 aromatic heterocycles. The second kappa shape index (κ2) is 8.17. The summed E-state index contributed by atoms with van der Waals surface area (Å²) in [4.78, 5) is 24.2. The SMILES string of the molecule is O=C(CCNC(=O)c1ccc(Cl)cc1)Nc1cccc2c1CCCC2. The van der Waals surface area contributed by atoms with Crippen molar-refractivity contribution in [3.8, 4) is 0 Å². The Balaban J connectivity index is 1.50. The fourth-order valence-corrected chi connectivity index (χ4v) is 3.23. The van der Waals surface area contributed by atoms with Crippen molar-refractivity contribution in [3.63, 3.8) is 0 Å². The number of halogens is 1. The number of nitrogens with one attached hydrogen (secondary N) is 2. The largest absolute Gasteiger partial charge is 0.352 e. The third-order valence-electron chi connectivity index (χ3n) is 4.41. The van der Waals surface area contributed by atoms with E-state index in [0.717, 1.165) is 24.9 Å². The number of anilines is 1. The summed E-state index contributed by atoms with van der Waals surface area (Å²) in [5.41, 5.74) is 4.03. The Kier molecular flexibility index (Phi) is 5.71. The van der Waals surface area contributed by atoms with Gasteiger partial charge in [0.25, 0.3) is 5.91 Å². The second-order valence-electron chi connectivity index (χ2n) is 6.21. The summed E-state index contributed by atoms with van der Waals surface area (Å²) in [6, 6.07) is 12.7. The highest BCUT2D eigenvalue weighted by atomic mass is 35.5. The molecule has 0 fully saturated rings. The first-order valence-electron chi connectivity index (χ1n) is 8.58. The lowest BCUT2D eigenvalue weighted by molar-refractivity contribution is -0.116. The third-order valence-corrected chi connectivity index (χ3v) is 4.67. The highest BCUT2D eigenvalue weighted by Gasteiger charge is 2.14. The zero-order chi connectivity index (χ0) is 17.6. The molecule has 2 N–H and O–H groups in total. The Morgan fingerprint density at radius 1 is 1.00 bits per heavy atom. The van der Waals surface area contributed by atoms with Gasteiger partial charge in [-0.25, -0.2) is 0 Å². The number of hydrogen-bond acceptors (Lipinski definition) is 2. The van der Waals surface area contributed by atoms with E-state index in [1.807, 2.05) is 12.1 Å². The van der Waals surface area contributed by atoms with Gasteiger partial charge in [0.05, 0.1) is 0 Å². The number of carbonyl (C=O) groups is 2. The van der Waals surface area contributed by atoms with Crippen LogP contribution in [0.4, 0.5) is 5.69 Å². The van der Waals surface area contributed by atoms with Crippen LogP contribution in [0.25, 0.3) is 0 Å². The lowest BCUT2D eigenvalue weighted by Gasteiger charge is -2.19. The molecule has 1 aliphatic carbocycles. The summed E-state index contributed by atoms with van der Waals surface area (Å²) in [5, 5.41) is 6.32. The van der Waals surface area contributed by atoms with Crippen LogP contribution in [-0.4, -0.2) is 18.4 Å². The molecule has 2 aromatic carbocycles. The van der Waals surface area contributed by atoms with Gasteiger partial charge in [0.2, 0.25) is 5.91 Å². The van der Waals surface area contributed by atoms with Crippen LogP contribution in [0.5, 0.6) is 0 Å². The number of fused-ring (bicyclic) bond motifs is 1. The minimum absolute atomic E-state index is 0.0876. The van der Waals surface area contributed by atoms with E-state index in [1.165, 1.54) is 17.5 Å². The summed E-state index contributed by atoms with van der Waals surface area (Å²) in [5.74, 6) is -0.295. The summed E-state index contributed by atoms with van der Waals surface area (Å²) < 4.78 is 0. The molecule has 130 valence electrons. The number of aryl methyl sites for hydroxylation is 1. The Morgan fingerprint density at radius 3 is 2.56 bits per heavy atom. The van der Waals surface area contributed by atoms with Crippen molar-refractivity contribution in [2.45, 2.75) is 32.1 Å². The van der Waals surface area contributed by atoms with Crippen LogP contribution in [-0.2, 0) is 17.6 Å². The first-order valence-corrected chi connectivity index (χ1v) is 8.95. The maximum atomic E-state index is 12.2. The van der Waals surface area contributed by atoms with Crippen molar-refractivity contribution in [2.24, 2.45) is 0 Å². The van der Waals surface area contributed by atoms with Crippen LogP contribution in [0, 0.1) is 0 Å². The van der Waals surface area contributed by atoms with Gasteiger partial charge in [-0.05, 0) is 67.1 Å². The molecule has 3 rings (SSSR count). The average Bonchev–Trinajstić information content (AvgIpc) is 2.62. The van der Waals surface area contributed by atoms with Gasteiger partial charge in [0, 0.05) is 29.2 Å². The normalized spacial score (nSPS) is 13.0. The number of amides is 2. The first-order chi connectivity index (χ1) is 12.1. The average molecular weight is 357 g/mol. The predicted molar refractivity (Wildman–Crippen MR) is 100 cm³/mol. The third kappa shape index (κ3) is 4.60. The van der Waals surface area contributed by atoms with Gasteiger partial charge in [0.1, 0.15) is 0 Å². The monoisotopic (exact) mass is 356 g/mol. The van der Waals surface area contributed by atoms with Crippen LogP contribution >= 0.6 is 11.6 Å². The summed E-state index contributed by atoms with van der Waals surface area (Å²) >= 11 is 5.81. The smallest absolute Gasteiger partial charge is 0.251 e. The first kappa shape index (κ1) is 17.5. The molecule has 0 saturated heterocycles. The van der Waals surface area contributed by atoms with Crippen LogP contribution < -0.4 is 10.6 Å². The van der Waals surface area contributed by atoms with E-state index in [2.05, 4.69) is 16.7 Å². The van der Waals surface area contributed by atoms with Crippen molar-refractivity contribution < 1.29 is 9.59 Å². The minimum atomic E-state index is -0.207. The number of carbonyl (C=O) groups excluding carboxylic acids is 2. The molecular weight excluding hydrogens is 336 g/mol. The molecule has 2 aromatic rings. The molecule has 0 saturated carbocycles. The van der Waals surface area contributed by atoms with E-state index in [0.29, 0.717) is 17.1 Å². The second-order valence-corrected chi connectivity index (χ2v) is 6.65. The molecule has 0 heterocycles. The van der Waals surface area contributed by atoms with Gasteiger partial charge >= 0.3 is 0 Å². The van der Waals surface area contributed by atoms with Crippen LogP contribution in [0.2, 0.25) is 5.02 Å². The van der Waals surface area contributed by atoms with E-state index in [9.17, 15) is 9.59 Å². The molecule has 4 nitrogen and oxygen atoms in total. The Morgan fingerprint density at radius 2 is 1.76 bits per heavy atom. The van der Waals surface area contributed by atoms with Gasteiger partial charge in [-0.1, -0.05) is 23.7 Å². The minimum Gasteiger partial charge on any atom is -0.352 e. The molecule has 0 unspecified atom stereocenters. The lowest BCUT2D eigenvalue weighted by Crippen LogP contribution is -2.27. The van der Waals surface area contributed by atoms with E-state index < -0.39 is 0 Å². The summed E-state index contributed by atoms with van der Waals surface area (Å²) in [7, 11) is 0. The van der Waals surface area contributed by atoms with Crippen molar-refractivity contribution in [1.29, 1.82) is 0 Å². The van der Waals surface area contributed by atoms with E-state index in [1.54, 1.807) is 24.3 Å². The van der Waals surface area contributed by atoms with Crippen molar-refractivity contribution in [2.75, 3.05) is 11.9 Å². The fourth-order valence-electron chi connectivity index (χ4n) is 3.10. The molecule has 0 aliphatic heterocycles. The van der Waals surface area contributed by atoms with Gasteiger partial charge in [-0.2, -0.15) is 0 Å². The van der Waals surface area contributed by atoms with Gasteiger partial charge in [-0.15, -0.1) is 0 Å². The standard InChI is InChI=1S/C20H21ClN2O2/c21-16-10-8-15(9-11-16)20(25)22-13-12-19(24)23-18-7-3-5-14-4-1-2-6-17(14)18/h3,5,7-11H,1-2,4,6,12-13H2,(H,22,25)(H,23,24). The Bertz CT molecular complexity index is 772. The fraction of sp³-hybridized carbons (Fsp3) is 0.300. The maximum absolute atomic E-state index is 12.2.